The first kappa shape index (κ1) is 10.0. The molecule has 15 heavy (non-hydrogen) atoms. The first-order valence-electron chi connectivity index (χ1n) is 4.68. The van der Waals surface area contributed by atoms with Gasteiger partial charge in [0.1, 0.15) is 11.5 Å². The van der Waals surface area contributed by atoms with Gasteiger partial charge in [-0.15, -0.1) is 0 Å². The summed E-state index contributed by atoms with van der Waals surface area (Å²) >= 11 is 0. The molecule has 2 heterocycles. The first-order chi connectivity index (χ1) is 7.24. The fourth-order valence-corrected chi connectivity index (χ4v) is 1.59. The molecule has 0 bridgehead atoms. The average molecular weight is 211 g/mol. The minimum atomic E-state index is -2.55. The van der Waals surface area contributed by atoms with Crippen molar-refractivity contribution < 1.29 is 8.78 Å². The maximum Gasteiger partial charge on any atom is 0.282 e. The van der Waals surface area contributed by atoms with E-state index in [9.17, 15) is 8.78 Å². The largest absolute Gasteiger partial charge is 0.330 e. The Hall–Kier alpha value is -1.49. The van der Waals surface area contributed by atoms with Crippen LogP contribution >= 0.6 is 0 Å². The lowest BCUT2D eigenvalue weighted by atomic mass is 10.3. The molecule has 0 aromatic carbocycles. The zero-order valence-corrected chi connectivity index (χ0v) is 8.03. The van der Waals surface area contributed by atoms with Crippen molar-refractivity contribution in [2.45, 2.75) is 12.8 Å². The summed E-state index contributed by atoms with van der Waals surface area (Å²) in [6, 6.07) is 5.13. The standard InChI is InChI=1S/C10H11F2N3/c11-10(12)9-7-3-1-2-6-15(7)8(14-9)4-5-13/h1-3,6,10H,4-5,13H2. The Balaban J connectivity index is 2.62. The summed E-state index contributed by atoms with van der Waals surface area (Å²) < 4.78 is 26.9. The van der Waals surface area contributed by atoms with E-state index in [0.717, 1.165) is 0 Å². The lowest BCUT2D eigenvalue weighted by Crippen LogP contribution is -2.06. The van der Waals surface area contributed by atoms with E-state index in [2.05, 4.69) is 4.98 Å². The molecular weight excluding hydrogens is 200 g/mol. The minimum Gasteiger partial charge on any atom is -0.330 e. The van der Waals surface area contributed by atoms with Crippen molar-refractivity contribution in [2.75, 3.05) is 6.54 Å². The Morgan fingerprint density at radius 2 is 2.20 bits per heavy atom. The van der Waals surface area contributed by atoms with E-state index in [1.807, 2.05) is 0 Å². The van der Waals surface area contributed by atoms with Crippen LogP contribution in [0.25, 0.3) is 5.52 Å². The number of nitrogens with two attached hydrogens (primary N) is 1. The van der Waals surface area contributed by atoms with Crippen LogP contribution in [0.15, 0.2) is 24.4 Å². The number of alkyl halides is 2. The van der Waals surface area contributed by atoms with Crippen molar-refractivity contribution in [3.05, 3.63) is 35.9 Å². The Morgan fingerprint density at radius 3 is 2.87 bits per heavy atom. The zero-order valence-electron chi connectivity index (χ0n) is 8.03. The van der Waals surface area contributed by atoms with Gasteiger partial charge < -0.3 is 10.1 Å². The number of hydrogen-bond acceptors (Lipinski definition) is 2. The third-order valence-corrected chi connectivity index (χ3v) is 2.22. The van der Waals surface area contributed by atoms with E-state index >= 15 is 0 Å². The van der Waals surface area contributed by atoms with Gasteiger partial charge in [0.2, 0.25) is 0 Å². The van der Waals surface area contributed by atoms with Crippen LogP contribution in [0.5, 0.6) is 0 Å². The molecule has 0 saturated heterocycles. The number of pyridine rings is 1. The van der Waals surface area contributed by atoms with E-state index in [0.29, 0.717) is 24.3 Å². The van der Waals surface area contributed by atoms with E-state index in [4.69, 9.17) is 5.73 Å². The van der Waals surface area contributed by atoms with Crippen LogP contribution in [0.3, 0.4) is 0 Å². The number of hydrogen-bond donors (Lipinski definition) is 1. The molecular formula is C10H11F2N3. The highest BCUT2D eigenvalue weighted by Crippen LogP contribution is 2.23. The summed E-state index contributed by atoms with van der Waals surface area (Å²) in [5, 5.41) is 0. The van der Waals surface area contributed by atoms with E-state index in [1.165, 1.54) is 0 Å². The fraction of sp³-hybridized carbons (Fsp3) is 0.300. The van der Waals surface area contributed by atoms with Gasteiger partial charge in [-0.1, -0.05) is 6.07 Å². The summed E-state index contributed by atoms with van der Waals surface area (Å²) in [7, 11) is 0. The van der Waals surface area contributed by atoms with Gasteiger partial charge in [0.25, 0.3) is 6.43 Å². The SMILES string of the molecule is NCCc1nc(C(F)F)c2ccccn12. The normalized spacial score (nSPS) is 11.5. The topological polar surface area (TPSA) is 43.3 Å². The molecule has 0 atom stereocenters. The number of aromatic nitrogens is 2. The van der Waals surface area contributed by atoms with Crippen LogP contribution in [0.1, 0.15) is 17.9 Å². The van der Waals surface area contributed by atoms with E-state index in [-0.39, 0.29) is 5.69 Å². The van der Waals surface area contributed by atoms with Crippen LogP contribution in [0.4, 0.5) is 8.78 Å². The quantitative estimate of drug-likeness (QED) is 0.840. The minimum absolute atomic E-state index is 0.168. The number of nitrogens with zero attached hydrogens (tertiary/aromatic N) is 2. The van der Waals surface area contributed by atoms with Crippen molar-refractivity contribution in [1.29, 1.82) is 0 Å². The third kappa shape index (κ3) is 1.70. The maximum atomic E-state index is 12.6. The van der Waals surface area contributed by atoms with Crippen LogP contribution in [-0.2, 0) is 6.42 Å². The number of rotatable bonds is 3. The summed E-state index contributed by atoms with van der Waals surface area (Å²) in [4.78, 5) is 3.91. The summed E-state index contributed by atoms with van der Waals surface area (Å²) in [5.41, 5.74) is 5.68. The van der Waals surface area contributed by atoms with Crippen LogP contribution < -0.4 is 5.73 Å². The van der Waals surface area contributed by atoms with E-state index in [1.54, 1.807) is 28.8 Å². The second-order valence-corrected chi connectivity index (χ2v) is 3.21. The summed E-state index contributed by atoms with van der Waals surface area (Å²) in [6.07, 6.45) is -0.328. The Bertz CT molecular complexity index is 465. The molecule has 2 aromatic rings. The predicted octanol–water partition coefficient (Wildman–Crippen LogP) is 1.77. The van der Waals surface area contributed by atoms with Crippen molar-refractivity contribution in [2.24, 2.45) is 5.73 Å². The average Bonchev–Trinajstić information content (AvgIpc) is 2.59. The molecule has 2 aromatic heterocycles. The van der Waals surface area contributed by atoms with Gasteiger partial charge in [-0.2, -0.15) is 0 Å². The zero-order chi connectivity index (χ0) is 10.8. The van der Waals surface area contributed by atoms with Gasteiger partial charge in [-0.05, 0) is 18.7 Å². The number of halogens is 2. The molecule has 0 radical (unpaired) electrons. The molecule has 0 unspecified atom stereocenters. The maximum absolute atomic E-state index is 12.6. The van der Waals surface area contributed by atoms with Gasteiger partial charge in [-0.3, -0.25) is 0 Å². The highest BCUT2D eigenvalue weighted by atomic mass is 19.3. The molecule has 0 spiro atoms. The summed E-state index contributed by atoms with van der Waals surface area (Å²) in [6.45, 7) is 0.399. The molecule has 0 saturated carbocycles. The van der Waals surface area contributed by atoms with Crippen LogP contribution in [-0.4, -0.2) is 15.9 Å². The fourth-order valence-electron chi connectivity index (χ4n) is 1.59. The molecule has 5 heteroatoms. The molecule has 0 fully saturated rings. The van der Waals surface area contributed by atoms with Gasteiger partial charge in [0.05, 0.1) is 5.52 Å². The highest BCUT2D eigenvalue weighted by Gasteiger charge is 2.17. The predicted molar refractivity (Wildman–Crippen MR) is 52.9 cm³/mol. The molecule has 0 aliphatic rings. The molecule has 0 aliphatic carbocycles. The molecule has 2 rings (SSSR count). The molecule has 2 N–H and O–H groups in total. The van der Waals surface area contributed by atoms with Crippen molar-refractivity contribution in [3.8, 4) is 0 Å². The van der Waals surface area contributed by atoms with Crippen molar-refractivity contribution >= 4 is 5.52 Å². The second-order valence-electron chi connectivity index (χ2n) is 3.21. The Labute approximate surface area is 85.5 Å². The number of fused-ring (bicyclic) bond motifs is 1. The molecule has 0 aliphatic heterocycles. The van der Waals surface area contributed by atoms with E-state index < -0.39 is 6.43 Å². The van der Waals surface area contributed by atoms with Crippen LogP contribution in [0.2, 0.25) is 0 Å². The highest BCUT2D eigenvalue weighted by molar-refractivity contribution is 5.53. The Morgan fingerprint density at radius 1 is 1.40 bits per heavy atom. The Kier molecular flexibility index (Phi) is 2.64. The van der Waals surface area contributed by atoms with Gasteiger partial charge in [-0.25, -0.2) is 13.8 Å². The van der Waals surface area contributed by atoms with Crippen molar-refractivity contribution in [3.63, 3.8) is 0 Å². The molecule has 3 nitrogen and oxygen atoms in total. The molecule has 0 amide bonds. The van der Waals surface area contributed by atoms with Gasteiger partial charge in [0, 0.05) is 12.6 Å². The lowest BCUT2D eigenvalue weighted by Gasteiger charge is -1.97. The smallest absolute Gasteiger partial charge is 0.282 e. The van der Waals surface area contributed by atoms with Gasteiger partial charge >= 0.3 is 0 Å². The third-order valence-electron chi connectivity index (χ3n) is 2.22. The second kappa shape index (κ2) is 3.94. The monoisotopic (exact) mass is 211 g/mol. The van der Waals surface area contributed by atoms with Crippen molar-refractivity contribution in [1.82, 2.24) is 9.38 Å². The summed E-state index contributed by atoms with van der Waals surface area (Å²) in [5.74, 6) is 0.586. The number of imidazole rings is 1. The molecule has 80 valence electrons. The van der Waals surface area contributed by atoms with Gasteiger partial charge in [0.15, 0.2) is 0 Å². The van der Waals surface area contributed by atoms with Crippen LogP contribution in [0, 0.1) is 0 Å². The lowest BCUT2D eigenvalue weighted by molar-refractivity contribution is 0.148. The first-order valence-corrected chi connectivity index (χ1v) is 4.68.